The van der Waals surface area contributed by atoms with E-state index in [9.17, 15) is 0 Å². The molecular weight excluding hydrogens is 538 g/mol. The van der Waals surface area contributed by atoms with Crippen LogP contribution in [0.3, 0.4) is 0 Å². The van der Waals surface area contributed by atoms with Crippen molar-refractivity contribution in [2.24, 2.45) is 4.99 Å². The fourth-order valence-corrected chi connectivity index (χ4v) is 6.55. The third-order valence-corrected chi connectivity index (χ3v) is 8.79. The Balaban J connectivity index is 1.21. The molecule has 0 aliphatic carbocycles. The third-order valence-electron chi connectivity index (χ3n) is 8.79. The van der Waals surface area contributed by atoms with Gasteiger partial charge in [-0.25, -0.2) is 4.99 Å². The smallest absolute Gasteiger partial charge is 0.131 e. The van der Waals surface area contributed by atoms with Crippen molar-refractivity contribution in [1.82, 2.24) is 10.6 Å². The quantitative estimate of drug-likeness (QED) is 0.194. The fraction of sp³-hybridized carbons (Fsp3) is 0.103. The Labute approximate surface area is 257 Å². The van der Waals surface area contributed by atoms with Crippen LogP contribution in [-0.4, -0.2) is 12.9 Å². The van der Waals surface area contributed by atoms with Crippen LogP contribution in [0.4, 0.5) is 11.4 Å². The second-order valence-corrected chi connectivity index (χ2v) is 11.4. The number of benzene rings is 6. The molecule has 6 aromatic rings. The van der Waals surface area contributed by atoms with Crippen molar-refractivity contribution in [2.75, 3.05) is 17.3 Å². The largest absolute Gasteiger partial charge is 0.360 e. The monoisotopic (exact) mass is 571 g/mol. The maximum atomic E-state index is 5.14. The number of aliphatic imine (C=N–C) groups is 1. The number of anilines is 2. The van der Waals surface area contributed by atoms with E-state index in [1.165, 1.54) is 44.4 Å². The van der Waals surface area contributed by atoms with E-state index >= 15 is 0 Å². The molecule has 0 saturated heterocycles. The lowest BCUT2D eigenvalue weighted by atomic mass is 9.91. The van der Waals surface area contributed by atoms with Gasteiger partial charge in [0.2, 0.25) is 0 Å². The maximum absolute atomic E-state index is 5.14. The van der Waals surface area contributed by atoms with E-state index in [0.29, 0.717) is 0 Å². The first-order valence-corrected chi connectivity index (χ1v) is 15.1. The van der Waals surface area contributed by atoms with Crippen LogP contribution in [0.5, 0.6) is 0 Å². The number of nitrogens with zero attached hydrogens (tertiary/aromatic N) is 2. The topological polar surface area (TPSA) is 51.7 Å². The highest BCUT2D eigenvalue weighted by Gasteiger charge is 2.29. The van der Waals surface area contributed by atoms with Gasteiger partial charge in [0, 0.05) is 18.2 Å². The number of fused-ring (bicyclic) bond motifs is 2. The summed E-state index contributed by atoms with van der Waals surface area (Å²) < 4.78 is 0. The molecule has 0 spiro atoms. The molecule has 0 saturated carbocycles. The number of nitrogens with one attached hydrogen (secondary N) is 3. The van der Waals surface area contributed by atoms with Gasteiger partial charge >= 0.3 is 0 Å². The minimum atomic E-state index is -0.197. The number of amidine groups is 1. The summed E-state index contributed by atoms with van der Waals surface area (Å²) in [6.07, 6.45) is -0.279. The van der Waals surface area contributed by atoms with Crippen molar-refractivity contribution in [3.05, 3.63) is 168 Å². The van der Waals surface area contributed by atoms with Gasteiger partial charge in [0.05, 0.1) is 11.4 Å². The van der Waals surface area contributed by atoms with Gasteiger partial charge in [0.25, 0.3) is 0 Å². The Morgan fingerprint density at radius 3 is 2.09 bits per heavy atom. The summed E-state index contributed by atoms with van der Waals surface area (Å²) in [5.41, 5.74) is 9.40. The first-order chi connectivity index (χ1) is 21.7. The molecule has 3 unspecified atom stereocenters. The lowest BCUT2D eigenvalue weighted by Gasteiger charge is -2.34. The Morgan fingerprint density at radius 1 is 0.591 bits per heavy atom. The van der Waals surface area contributed by atoms with Crippen LogP contribution in [0.25, 0.3) is 21.9 Å². The molecular formula is C39H33N5. The van der Waals surface area contributed by atoms with Gasteiger partial charge in [-0.1, -0.05) is 133 Å². The molecule has 0 aromatic heterocycles. The van der Waals surface area contributed by atoms with E-state index in [2.05, 4.69) is 161 Å². The fourth-order valence-electron chi connectivity index (χ4n) is 6.55. The van der Waals surface area contributed by atoms with Crippen LogP contribution in [0, 0.1) is 0 Å². The van der Waals surface area contributed by atoms with E-state index < -0.39 is 0 Å². The molecule has 0 fully saturated rings. The van der Waals surface area contributed by atoms with E-state index in [0.717, 1.165) is 17.0 Å². The summed E-state index contributed by atoms with van der Waals surface area (Å²) in [5.74, 6) is 0.882. The van der Waals surface area contributed by atoms with Crippen LogP contribution in [0.1, 0.15) is 40.8 Å². The zero-order valence-electron chi connectivity index (χ0n) is 24.5. The molecule has 5 nitrogen and oxygen atoms in total. The molecule has 0 radical (unpaired) electrons. The molecule has 3 N–H and O–H groups in total. The van der Waals surface area contributed by atoms with E-state index in [4.69, 9.17) is 4.99 Å². The minimum Gasteiger partial charge on any atom is -0.360 e. The number of hydrogen-bond acceptors (Lipinski definition) is 5. The van der Waals surface area contributed by atoms with Crippen LogP contribution < -0.4 is 20.9 Å². The van der Waals surface area contributed by atoms with Gasteiger partial charge in [-0.3, -0.25) is 5.32 Å². The van der Waals surface area contributed by atoms with Gasteiger partial charge in [-0.2, -0.15) is 0 Å². The van der Waals surface area contributed by atoms with Crippen molar-refractivity contribution in [1.29, 1.82) is 0 Å². The number of hydrogen-bond donors (Lipinski definition) is 3. The molecule has 0 amide bonds. The van der Waals surface area contributed by atoms with Gasteiger partial charge < -0.3 is 15.5 Å². The van der Waals surface area contributed by atoms with E-state index in [1.807, 2.05) is 12.1 Å². The Morgan fingerprint density at radius 2 is 1.30 bits per heavy atom. The van der Waals surface area contributed by atoms with Gasteiger partial charge in [0.15, 0.2) is 0 Å². The van der Waals surface area contributed by atoms with Crippen LogP contribution in [0.2, 0.25) is 0 Å². The molecule has 2 aliphatic heterocycles. The lowest BCUT2D eigenvalue weighted by molar-refractivity contribution is 0.411. The lowest BCUT2D eigenvalue weighted by Crippen LogP contribution is -2.45. The minimum absolute atomic E-state index is 0.0930. The highest BCUT2D eigenvalue weighted by molar-refractivity contribution is 6.00. The zero-order valence-corrected chi connectivity index (χ0v) is 24.5. The Bertz CT molecular complexity index is 1970. The van der Waals surface area contributed by atoms with Gasteiger partial charge in [-0.15, -0.1) is 0 Å². The summed E-state index contributed by atoms with van der Waals surface area (Å²) in [7, 11) is 2.15. The first kappa shape index (κ1) is 26.3. The number of rotatable bonds is 5. The average molecular weight is 572 g/mol. The van der Waals surface area contributed by atoms with Crippen LogP contribution in [-0.2, 0) is 0 Å². The van der Waals surface area contributed by atoms with E-state index in [-0.39, 0.29) is 18.5 Å². The van der Waals surface area contributed by atoms with Crippen molar-refractivity contribution >= 4 is 28.0 Å². The number of para-hydroxylation sites is 2. The molecule has 0 bridgehead atoms. The van der Waals surface area contributed by atoms with Gasteiger partial charge in [0.1, 0.15) is 24.3 Å². The second-order valence-electron chi connectivity index (χ2n) is 11.4. The highest BCUT2D eigenvalue weighted by Crippen LogP contribution is 2.41. The molecule has 44 heavy (non-hydrogen) atoms. The zero-order chi connectivity index (χ0) is 29.5. The SMILES string of the molecule is CN1c2ccccc2NC1c1ccc(-c2ccc3ccccc3c2C2NC(c3ccccc3)=NC(c3ccccc3)N2)cc1. The van der Waals surface area contributed by atoms with Crippen LogP contribution in [0.15, 0.2) is 151 Å². The predicted octanol–water partition coefficient (Wildman–Crippen LogP) is 8.40. The summed E-state index contributed by atoms with van der Waals surface area (Å²) >= 11 is 0. The summed E-state index contributed by atoms with van der Waals surface area (Å²) in [5, 5.41) is 13.7. The first-order valence-electron chi connectivity index (χ1n) is 15.1. The summed E-state index contributed by atoms with van der Waals surface area (Å²) in [6, 6.07) is 51.5. The molecule has 214 valence electrons. The molecule has 5 heteroatoms. The molecule has 2 heterocycles. The average Bonchev–Trinajstić information content (AvgIpc) is 3.44. The molecule has 3 atom stereocenters. The normalized spacial score (nSPS) is 19.2. The third kappa shape index (κ3) is 4.68. The van der Waals surface area contributed by atoms with Crippen molar-refractivity contribution in [3.63, 3.8) is 0 Å². The summed E-state index contributed by atoms with van der Waals surface area (Å²) in [4.78, 5) is 7.44. The van der Waals surface area contributed by atoms with Crippen molar-refractivity contribution in [2.45, 2.75) is 18.5 Å². The Kier molecular flexibility index (Phi) is 6.58. The maximum Gasteiger partial charge on any atom is 0.131 e. The molecule has 8 rings (SSSR count). The van der Waals surface area contributed by atoms with Crippen molar-refractivity contribution in [3.8, 4) is 11.1 Å². The second kappa shape index (κ2) is 11.0. The Hall–Kier alpha value is -5.39. The molecule has 6 aromatic carbocycles. The van der Waals surface area contributed by atoms with Crippen molar-refractivity contribution < 1.29 is 0 Å². The summed E-state index contributed by atoms with van der Waals surface area (Å²) in [6.45, 7) is 0. The van der Waals surface area contributed by atoms with Gasteiger partial charge in [-0.05, 0) is 45.2 Å². The highest BCUT2D eigenvalue weighted by atomic mass is 15.3. The predicted molar refractivity (Wildman–Crippen MR) is 182 cm³/mol. The molecule has 2 aliphatic rings. The van der Waals surface area contributed by atoms with E-state index in [1.54, 1.807) is 0 Å². The standard InChI is InChI=1S/C39H33N5/c1-44-34-19-11-10-18-33(34)40-39(44)30-22-20-27(21-23-30)32-25-24-26-12-8-9-17-31(26)35(32)38-42-36(28-13-4-2-5-14-28)41-37(43-38)29-15-6-3-7-16-29/h2-25,36,38-40,42H,1H3,(H,41,43). The van der Waals surface area contributed by atoms with Crippen LogP contribution >= 0.6 is 0 Å².